The van der Waals surface area contributed by atoms with Crippen LogP contribution in [-0.2, 0) is 28.5 Å². The zero-order valence-corrected chi connectivity index (χ0v) is 40.4. The summed E-state index contributed by atoms with van der Waals surface area (Å²) in [5.74, 6) is -3.65. The molecule has 23 heteroatoms. The number of fused-ring (bicyclic) bond motifs is 1. The SMILES string of the molecule is COc1cnc(-n2cnc(C(=O)NCCCN(CCOCCOCCOCCOCI)C3CCC(NC(=O)C(F)(F)F)CC3)n2)c2[nH]cc(C(=O)C(=O)N3CCC(=C(C#N)c4ccccc4)CC3)c12. The van der Waals surface area contributed by atoms with Gasteiger partial charge in [-0.3, -0.25) is 24.1 Å². The molecule has 1 aliphatic carbocycles. The summed E-state index contributed by atoms with van der Waals surface area (Å²) in [7, 11) is 1.42. The molecule has 6 rings (SSSR count). The number of aromatic amines is 1. The van der Waals surface area contributed by atoms with Crippen molar-refractivity contribution in [3.8, 4) is 17.6 Å². The molecule has 372 valence electrons. The van der Waals surface area contributed by atoms with Crippen LogP contribution in [0.5, 0.6) is 5.75 Å². The normalized spacial score (nSPS) is 16.4. The molecule has 0 spiro atoms. The number of likely N-dealkylation sites (tertiary alicyclic amines) is 1. The van der Waals surface area contributed by atoms with Gasteiger partial charge in [-0.2, -0.15) is 23.1 Å². The maximum Gasteiger partial charge on any atom is 0.471 e. The molecule has 1 aromatic carbocycles. The second kappa shape index (κ2) is 26.5. The van der Waals surface area contributed by atoms with Crippen molar-refractivity contribution >= 4 is 62.6 Å². The number of hydrogen-bond acceptors (Lipinski definition) is 14. The van der Waals surface area contributed by atoms with Crippen molar-refractivity contribution in [2.45, 2.75) is 63.2 Å². The average molecular weight is 1080 g/mol. The number of ether oxygens (including phenoxy) is 5. The summed E-state index contributed by atoms with van der Waals surface area (Å²) < 4.78 is 68.1. The highest BCUT2D eigenvalue weighted by atomic mass is 127. The fourth-order valence-corrected chi connectivity index (χ4v) is 8.62. The molecule has 1 saturated heterocycles. The summed E-state index contributed by atoms with van der Waals surface area (Å²) in [6.07, 6.45) is 2.50. The number of rotatable bonds is 25. The van der Waals surface area contributed by atoms with E-state index in [0.29, 0.717) is 125 Å². The van der Waals surface area contributed by atoms with Gasteiger partial charge in [0.2, 0.25) is 5.82 Å². The molecule has 69 heavy (non-hydrogen) atoms. The zero-order valence-electron chi connectivity index (χ0n) is 38.2. The van der Waals surface area contributed by atoms with E-state index >= 15 is 0 Å². The molecule has 2 fully saturated rings. The number of benzene rings is 1. The van der Waals surface area contributed by atoms with Gasteiger partial charge in [0.15, 0.2) is 5.82 Å². The standard InChI is InChI=1S/C46H56F3IN10O9/c1-65-37-28-54-42(39-38(37)36(27-53-39)40(61)44(63)59-16-12-32(13-17-59)35(26-51)31-6-3-2-4-7-31)60-30-55-41(57-60)43(62)52-14-5-15-58(18-19-66-20-21-67-22-23-68-24-25-69-29-50)34-10-8-33(9-11-34)56-45(64)46(47,48)49/h2-4,6-7,27-28,30,33-34,53H,5,8-25,29H2,1H3,(H,52,62)(H,56,64). The van der Waals surface area contributed by atoms with Crippen LogP contribution in [0.25, 0.3) is 22.3 Å². The lowest BCUT2D eigenvalue weighted by Crippen LogP contribution is -2.48. The summed E-state index contributed by atoms with van der Waals surface area (Å²) in [5, 5.41) is 19.5. The molecule has 19 nitrogen and oxygen atoms in total. The summed E-state index contributed by atoms with van der Waals surface area (Å²) in [4.78, 5) is 67.6. The third-order valence-corrected chi connectivity index (χ3v) is 12.3. The van der Waals surface area contributed by atoms with Gasteiger partial charge < -0.3 is 44.2 Å². The average Bonchev–Trinajstić information content (AvgIpc) is 4.04. The van der Waals surface area contributed by atoms with Crippen molar-refractivity contribution in [2.24, 2.45) is 0 Å². The molecule has 2 aliphatic rings. The molecule has 0 bridgehead atoms. The van der Waals surface area contributed by atoms with Crippen molar-refractivity contribution in [3.05, 3.63) is 71.6 Å². The fraction of sp³-hybridized carbons (Fsp3) is 0.522. The van der Waals surface area contributed by atoms with Crippen LogP contribution in [0.2, 0.25) is 0 Å². The highest BCUT2D eigenvalue weighted by Crippen LogP contribution is 2.33. The van der Waals surface area contributed by atoms with Gasteiger partial charge in [-0.25, -0.2) is 9.97 Å². The van der Waals surface area contributed by atoms with Crippen LogP contribution in [0.1, 0.15) is 71.5 Å². The minimum atomic E-state index is -4.94. The zero-order chi connectivity index (χ0) is 49.2. The summed E-state index contributed by atoms with van der Waals surface area (Å²) >= 11 is 2.12. The maximum atomic E-state index is 13.8. The molecule has 1 saturated carbocycles. The fourth-order valence-electron chi connectivity index (χ4n) is 8.31. The molecule has 1 aliphatic heterocycles. The number of piperidine rings is 1. The quantitative estimate of drug-likeness (QED) is 0.0202. The Hall–Kier alpha value is -5.52. The van der Waals surface area contributed by atoms with Gasteiger partial charge in [-0.05, 0) is 56.1 Å². The van der Waals surface area contributed by atoms with Crippen LogP contribution >= 0.6 is 22.6 Å². The van der Waals surface area contributed by atoms with Crippen LogP contribution < -0.4 is 15.4 Å². The molecule has 0 radical (unpaired) electrons. The topological polar surface area (TPSA) is 228 Å². The highest BCUT2D eigenvalue weighted by molar-refractivity contribution is 14.1. The molecule has 4 heterocycles. The molecule has 3 amide bonds. The molecule has 0 unspecified atom stereocenters. The number of methoxy groups -OCH3 is 1. The number of ketones is 1. The van der Waals surface area contributed by atoms with E-state index in [4.69, 9.17) is 23.7 Å². The number of H-pyrrole nitrogens is 1. The van der Waals surface area contributed by atoms with Crippen LogP contribution in [0.15, 0.2) is 54.6 Å². The maximum absolute atomic E-state index is 13.8. The van der Waals surface area contributed by atoms with E-state index in [1.807, 2.05) is 30.3 Å². The lowest BCUT2D eigenvalue weighted by Gasteiger charge is -2.37. The third-order valence-electron chi connectivity index (χ3n) is 11.8. The van der Waals surface area contributed by atoms with E-state index in [9.17, 15) is 37.6 Å². The smallest absolute Gasteiger partial charge is 0.471 e. The Balaban J connectivity index is 1.02. The molecule has 3 N–H and O–H groups in total. The number of pyridine rings is 1. The first kappa shape index (κ1) is 52.8. The highest BCUT2D eigenvalue weighted by Gasteiger charge is 2.40. The van der Waals surface area contributed by atoms with Crippen LogP contribution in [0.3, 0.4) is 0 Å². The number of allylic oxidation sites excluding steroid dienone is 1. The molecular formula is C46H56F3IN10O9. The predicted octanol–water partition coefficient (Wildman–Crippen LogP) is 4.81. The van der Waals surface area contributed by atoms with Gasteiger partial charge >= 0.3 is 12.1 Å². The van der Waals surface area contributed by atoms with Crippen molar-refractivity contribution in [2.75, 3.05) is 90.7 Å². The van der Waals surface area contributed by atoms with Gasteiger partial charge in [0, 0.05) is 51.0 Å². The first-order chi connectivity index (χ1) is 33.4. The number of hydrogen-bond donors (Lipinski definition) is 3. The Morgan fingerprint density at radius 1 is 0.928 bits per heavy atom. The van der Waals surface area contributed by atoms with Crippen molar-refractivity contribution < 1.29 is 56.0 Å². The van der Waals surface area contributed by atoms with Crippen LogP contribution in [0.4, 0.5) is 13.2 Å². The van der Waals surface area contributed by atoms with E-state index in [1.165, 1.54) is 35.4 Å². The summed E-state index contributed by atoms with van der Waals surface area (Å²) in [6, 6.07) is 11.1. The van der Waals surface area contributed by atoms with Crippen molar-refractivity contribution in [1.29, 1.82) is 5.26 Å². The van der Waals surface area contributed by atoms with Gasteiger partial charge in [-0.1, -0.05) is 52.9 Å². The Labute approximate surface area is 410 Å². The molecule has 0 atom stereocenters. The van der Waals surface area contributed by atoms with E-state index < -0.39 is 35.7 Å². The third kappa shape index (κ3) is 14.7. The minimum Gasteiger partial charge on any atom is -0.494 e. The van der Waals surface area contributed by atoms with E-state index in [2.05, 4.69) is 64.2 Å². The number of halogens is 4. The number of carbonyl (C=O) groups excluding carboxylic acids is 4. The number of carbonyl (C=O) groups is 4. The first-order valence-electron chi connectivity index (χ1n) is 22.7. The van der Waals surface area contributed by atoms with Crippen LogP contribution in [-0.4, -0.2) is 167 Å². The van der Waals surface area contributed by atoms with Gasteiger partial charge in [0.25, 0.3) is 17.6 Å². The lowest BCUT2D eigenvalue weighted by molar-refractivity contribution is -0.174. The van der Waals surface area contributed by atoms with Gasteiger partial charge in [0.05, 0.1) is 92.3 Å². The minimum absolute atomic E-state index is 0.0280. The number of nitriles is 1. The first-order valence-corrected chi connectivity index (χ1v) is 24.2. The molecular weight excluding hydrogens is 1020 g/mol. The molecule has 4 aromatic rings. The van der Waals surface area contributed by atoms with E-state index in [1.54, 1.807) is 0 Å². The van der Waals surface area contributed by atoms with Crippen LogP contribution in [0, 0.1) is 11.3 Å². The Kier molecular flexibility index (Phi) is 20.3. The largest absolute Gasteiger partial charge is 0.494 e. The number of nitrogens with one attached hydrogen (secondary N) is 3. The van der Waals surface area contributed by atoms with Gasteiger partial charge in [-0.15, -0.1) is 5.10 Å². The number of alkyl halides is 4. The second-order valence-electron chi connectivity index (χ2n) is 16.2. The number of Topliss-reactive ketones (excluding diaryl/α,β-unsaturated/α-hetero) is 1. The Morgan fingerprint density at radius 3 is 2.23 bits per heavy atom. The van der Waals surface area contributed by atoms with Gasteiger partial charge in [0.1, 0.15) is 12.1 Å². The van der Waals surface area contributed by atoms with Crippen molar-refractivity contribution in [1.82, 2.24) is 45.2 Å². The number of nitrogens with zero attached hydrogens (tertiary/aromatic N) is 7. The van der Waals surface area contributed by atoms with Crippen molar-refractivity contribution in [3.63, 3.8) is 0 Å². The number of amides is 3. The molecule has 3 aromatic heterocycles. The summed E-state index contributed by atoms with van der Waals surface area (Å²) in [5.41, 5.74) is 2.70. The second-order valence-corrected chi connectivity index (χ2v) is 16.8. The van der Waals surface area contributed by atoms with E-state index in [0.717, 1.165) is 11.1 Å². The lowest BCUT2D eigenvalue weighted by atomic mass is 9.90. The summed E-state index contributed by atoms with van der Waals surface area (Å²) in [6.45, 7) is 4.84. The Bertz CT molecular complexity index is 2410. The van der Waals surface area contributed by atoms with E-state index in [-0.39, 0.29) is 48.6 Å². The Morgan fingerprint density at radius 2 is 1.59 bits per heavy atom. The monoisotopic (exact) mass is 1080 g/mol. The predicted molar refractivity (Wildman–Crippen MR) is 253 cm³/mol. The number of aromatic nitrogens is 5.